The zero-order valence-corrected chi connectivity index (χ0v) is 48.6. The summed E-state index contributed by atoms with van der Waals surface area (Å²) in [6, 6.07) is 39.7. The summed E-state index contributed by atoms with van der Waals surface area (Å²) in [6.07, 6.45) is 7.59. The van der Waals surface area contributed by atoms with Crippen LogP contribution in [0.3, 0.4) is 0 Å². The van der Waals surface area contributed by atoms with Crippen molar-refractivity contribution in [2.24, 2.45) is 21.8 Å². The maximum absolute atomic E-state index is 15.6. The predicted molar refractivity (Wildman–Crippen MR) is 325 cm³/mol. The van der Waals surface area contributed by atoms with E-state index >= 15 is 19.2 Å². The molecule has 20 heteroatoms. The van der Waals surface area contributed by atoms with Gasteiger partial charge in [-0.15, -0.1) is 22.7 Å². The van der Waals surface area contributed by atoms with Crippen molar-refractivity contribution in [3.63, 3.8) is 0 Å². The Balaban J connectivity index is 1.04. The van der Waals surface area contributed by atoms with Gasteiger partial charge in [0, 0.05) is 45.8 Å². The smallest absolute Gasteiger partial charge is 0.333 e. The highest BCUT2D eigenvalue weighted by molar-refractivity contribution is 8.35. The fraction of sp³-hybridized carbons (Fsp3) is 0.194. The van der Waals surface area contributed by atoms with Gasteiger partial charge in [0.05, 0.1) is 0 Å². The van der Waals surface area contributed by atoms with Crippen molar-refractivity contribution in [1.29, 1.82) is 0 Å². The number of amides is 2. The van der Waals surface area contributed by atoms with E-state index in [1.807, 2.05) is 159 Å². The molecule has 0 spiro atoms. The minimum atomic E-state index is -2.22. The van der Waals surface area contributed by atoms with Crippen molar-refractivity contribution in [3.8, 4) is 0 Å². The van der Waals surface area contributed by atoms with E-state index in [0.29, 0.717) is 86.0 Å². The summed E-state index contributed by atoms with van der Waals surface area (Å²) in [5, 5.41) is 0.923. The summed E-state index contributed by atoms with van der Waals surface area (Å²) in [5.41, 5.74) is 0.413. The van der Waals surface area contributed by atoms with Crippen LogP contribution in [0.4, 0.5) is 10.0 Å². The molecule has 6 aromatic rings. The lowest BCUT2D eigenvalue weighted by atomic mass is 9.68. The Kier molecular flexibility index (Phi) is 15.1. The van der Waals surface area contributed by atoms with Gasteiger partial charge in [-0.3, -0.25) is 38.6 Å². The highest BCUT2D eigenvalue weighted by Crippen LogP contribution is 2.63. The number of rotatable bonds is 16. The maximum atomic E-state index is 15.6. The maximum Gasteiger partial charge on any atom is 0.333 e. The molecule has 0 saturated carbocycles. The van der Waals surface area contributed by atoms with Crippen LogP contribution in [0.15, 0.2) is 179 Å². The largest absolute Gasteiger partial charge is 0.459 e. The molecule has 82 heavy (non-hydrogen) atoms. The lowest BCUT2D eigenvalue weighted by molar-refractivity contribution is -0.166. The van der Waals surface area contributed by atoms with Crippen molar-refractivity contribution in [1.82, 2.24) is 9.80 Å². The van der Waals surface area contributed by atoms with Crippen LogP contribution in [0.2, 0.25) is 0 Å². The van der Waals surface area contributed by atoms with E-state index in [0.717, 1.165) is 23.5 Å². The zero-order valence-electron chi connectivity index (χ0n) is 43.7. The predicted octanol–water partition coefficient (Wildman–Crippen LogP) is 11.7. The second-order valence-corrected chi connectivity index (χ2v) is 24.9. The monoisotopic (exact) mass is 1200 g/mol. The second-order valence-electron chi connectivity index (χ2n) is 19.5. The third-order valence-corrected chi connectivity index (χ3v) is 19.6. The minimum absolute atomic E-state index is 0.136. The lowest BCUT2D eigenvalue weighted by Gasteiger charge is -2.35. The van der Waals surface area contributed by atoms with Crippen LogP contribution < -0.4 is 0 Å². The summed E-state index contributed by atoms with van der Waals surface area (Å²) in [7, 11) is 0. The van der Waals surface area contributed by atoms with Crippen molar-refractivity contribution in [2.45, 2.75) is 51.1 Å². The van der Waals surface area contributed by atoms with Gasteiger partial charge >= 0.3 is 23.9 Å². The number of ether oxygens (including phenoxy) is 4. The summed E-state index contributed by atoms with van der Waals surface area (Å²) in [6.45, 7) is 3.64. The van der Waals surface area contributed by atoms with E-state index in [2.05, 4.69) is 0 Å². The van der Waals surface area contributed by atoms with Crippen LogP contribution >= 0.6 is 70.6 Å². The molecule has 0 N–H and O–H groups in total. The molecule has 2 aromatic heterocycles. The molecule has 410 valence electrons. The number of fused-ring (bicyclic) bond motifs is 7. The number of allylic oxidation sites excluding steroid dienone is 6. The molecule has 2 atom stereocenters. The van der Waals surface area contributed by atoms with Gasteiger partial charge < -0.3 is 18.9 Å². The Morgan fingerprint density at radius 2 is 0.793 bits per heavy atom. The first-order valence-electron chi connectivity index (χ1n) is 26.1. The molecule has 2 saturated heterocycles. The van der Waals surface area contributed by atoms with Gasteiger partial charge in [-0.2, -0.15) is 0 Å². The fourth-order valence-corrected chi connectivity index (χ4v) is 15.8. The van der Waals surface area contributed by atoms with Gasteiger partial charge in [0.15, 0.2) is 10.1 Å². The van der Waals surface area contributed by atoms with Crippen molar-refractivity contribution >= 4 is 146 Å². The number of carbonyl (C=O) groups is 6. The van der Waals surface area contributed by atoms with Crippen LogP contribution in [0.25, 0.3) is 11.1 Å². The zero-order chi connectivity index (χ0) is 56.9. The van der Waals surface area contributed by atoms with Crippen molar-refractivity contribution < 1.29 is 47.7 Å². The normalized spacial score (nSPS) is 19.8. The lowest BCUT2D eigenvalue weighted by Crippen LogP contribution is -2.47. The number of thiophene rings is 2. The molecular formula is C62H46N4O10S6. The molecule has 2 fully saturated rings. The van der Waals surface area contributed by atoms with Crippen molar-refractivity contribution in [3.05, 3.63) is 212 Å². The van der Waals surface area contributed by atoms with Crippen LogP contribution in [0, 0.1) is 11.8 Å². The van der Waals surface area contributed by atoms with Gasteiger partial charge in [-0.05, 0) is 94.1 Å². The molecule has 4 aliphatic carbocycles. The van der Waals surface area contributed by atoms with E-state index in [-0.39, 0.29) is 59.5 Å². The molecular weight excluding hydrogens is 1150 g/mol. The standard InChI is InChI=1S/C62H46N4O10S6/c1-3-65-53(67)51(81-59(65)77)63-47-29-45-49(79-47)41-25-39-28-44-42(26-40(39)27-43(41)61(45,55(69)73-31-35-17-9-5-10-18-35)56(70)74-32-36-19-11-6-12-20-36)50-46(30-48(80-50)64-52-54(68)66(4-2)60(78)82-52)62(44,57(71)75-33-37-21-13-7-14-22-37)58(72)76-34-38-23-15-8-16-24-38/h5-30,39-40H,3-4,31-34H2,1-2H3. The topological polar surface area (TPSA) is 171 Å². The number of nitrogens with zero attached hydrogens (tertiary/aromatic N) is 4. The Morgan fingerprint density at radius 1 is 0.488 bits per heavy atom. The molecule has 2 amide bonds. The number of esters is 4. The summed E-state index contributed by atoms with van der Waals surface area (Å²) >= 11 is 15.6. The Hall–Kier alpha value is -7.72. The molecule has 14 nitrogen and oxygen atoms in total. The number of thiocarbonyl (C=S) groups is 2. The highest BCUT2D eigenvalue weighted by atomic mass is 32.2. The number of hydrogen-bond donors (Lipinski definition) is 0. The van der Waals surface area contributed by atoms with E-state index in [1.54, 1.807) is 12.1 Å². The average Bonchev–Trinajstić information content (AvgIpc) is 3.89. The molecule has 2 aliphatic heterocycles. The van der Waals surface area contributed by atoms with Crippen LogP contribution in [-0.4, -0.2) is 77.3 Å². The van der Waals surface area contributed by atoms with Gasteiger partial charge in [-0.1, -0.05) is 170 Å². The quantitative estimate of drug-likeness (QED) is 0.0388. The van der Waals surface area contributed by atoms with Crippen LogP contribution in [0.5, 0.6) is 0 Å². The second kappa shape index (κ2) is 22.6. The van der Waals surface area contributed by atoms with Gasteiger partial charge in [0.1, 0.15) is 45.1 Å². The molecule has 0 bridgehead atoms. The highest BCUT2D eigenvalue weighted by Gasteiger charge is 2.64. The Morgan fingerprint density at radius 3 is 1.07 bits per heavy atom. The third kappa shape index (κ3) is 9.53. The third-order valence-electron chi connectivity index (χ3n) is 14.8. The molecule has 0 radical (unpaired) electrons. The van der Waals surface area contributed by atoms with Gasteiger partial charge in [0.25, 0.3) is 11.8 Å². The first-order chi connectivity index (χ1) is 39.8. The number of carbonyl (C=O) groups excluding carboxylic acids is 6. The summed E-state index contributed by atoms with van der Waals surface area (Å²) in [4.78, 5) is 103. The van der Waals surface area contributed by atoms with E-state index < -0.39 is 46.5 Å². The number of benzene rings is 4. The van der Waals surface area contributed by atoms with Crippen molar-refractivity contribution in [2.75, 3.05) is 13.1 Å². The van der Waals surface area contributed by atoms with Gasteiger partial charge in [0.2, 0.25) is 10.8 Å². The number of hydrogen-bond acceptors (Lipinski definition) is 18. The Bertz CT molecular complexity index is 3520. The van der Waals surface area contributed by atoms with E-state index in [9.17, 15) is 9.59 Å². The first-order valence-corrected chi connectivity index (χ1v) is 30.2. The molecule has 2 unspecified atom stereocenters. The summed E-state index contributed by atoms with van der Waals surface area (Å²) in [5.74, 6) is -5.54. The molecule has 4 heterocycles. The van der Waals surface area contributed by atoms with E-state index in [1.165, 1.54) is 32.5 Å². The van der Waals surface area contributed by atoms with E-state index in [4.69, 9.17) is 53.4 Å². The SMILES string of the molecule is CCN1C(=O)C(=Nc2cc3c(s2)C2=CC4C=C5C(=CC4C=C2C3(C(=O)OCc2ccccc2)C(=O)OCc2ccccc2)c2sc(N=C3SC(=S)N(CC)C3=O)cc2C5(C(=O)OCc2ccccc2)C(=O)OCc2ccccc2)SC1=S. The first kappa shape index (κ1) is 54.8. The van der Waals surface area contributed by atoms with Crippen LogP contribution in [-0.2, 0) is 85.0 Å². The summed E-state index contributed by atoms with van der Waals surface area (Å²) < 4.78 is 25.6. The molecule has 12 rings (SSSR count). The average molecular weight is 1200 g/mol. The Labute approximate surface area is 498 Å². The number of aliphatic imine (C=N–C) groups is 2. The fourth-order valence-electron chi connectivity index (χ4n) is 10.9. The minimum Gasteiger partial charge on any atom is -0.459 e. The van der Waals surface area contributed by atoms with Gasteiger partial charge in [-0.25, -0.2) is 9.98 Å². The molecule has 4 aromatic carbocycles. The molecule has 6 aliphatic rings. The van der Waals surface area contributed by atoms with Crippen LogP contribution in [0.1, 0.15) is 57.0 Å². The number of thioether (sulfide) groups is 2.